The molecule has 0 aliphatic heterocycles. The summed E-state index contributed by atoms with van der Waals surface area (Å²) in [6, 6.07) is 10.1. The molecule has 0 saturated heterocycles. The van der Waals surface area contributed by atoms with E-state index in [2.05, 4.69) is 30.1 Å². The SMILES string of the molecule is CCN(CC)CCCNc1cc(OC)c(OC)c2oc3ccccc3c12. The third kappa shape index (κ3) is 3.44. The lowest BCUT2D eigenvalue weighted by atomic mass is 10.1. The summed E-state index contributed by atoms with van der Waals surface area (Å²) < 4.78 is 17.2. The van der Waals surface area contributed by atoms with Crippen molar-refractivity contribution in [3.63, 3.8) is 0 Å². The first-order chi connectivity index (χ1) is 12.7. The minimum Gasteiger partial charge on any atom is -0.493 e. The second-order valence-electron chi connectivity index (χ2n) is 6.27. The zero-order valence-electron chi connectivity index (χ0n) is 16.1. The highest BCUT2D eigenvalue weighted by atomic mass is 16.5. The molecule has 0 aliphatic carbocycles. The van der Waals surface area contributed by atoms with Gasteiger partial charge in [-0.1, -0.05) is 32.0 Å². The molecule has 0 unspecified atom stereocenters. The number of para-hydroxylation sites is 1. The van der Waals surface area contributed by atoms with Gasteiger partial charge < -0.3 is 24.1 Å². The summed E-state index contributed by atoms with van der Waals surface area (Å²) in [5.74, 6) is 1.30. The van der Waals surface area contributed by atoms with Gasteiger partial charge in [0, 0.05) is 23.7 Å². The Bertz CT molecular complexity index is 868. The van der Waals surface area contributed by atoms with Crippen molar-refractivity contribution in [1.29, 1.82) is 0 Å². The van der Waals surface area contributed by atoms with Gasteiger partial charge in [0.2, 0.25) is 5.75 Å². The van der Waals surface area contributed by atoms with Crippen LogP contribution >= 0.6 is 0 Å². The van der Waals surface area contributed by atoms with Gasteiger partial charge in [-0.25, -0.2) is 0 Å². The maximum absolute atomic E-state index is 6.08. The van der Waals surface area contributed by atoms with E-state index in [1.807, 2.05) is 24.3 Å². The lowest BCUT2D eigenvalue weighted by molar-refractivity contribution is 0.303. The van der Waals surface area contributed by atoms with Crippen LogP contribution in [0, 0.1) is 0 Å². The molecule has 5 nitrogen and oxygen atoms in total. The van der Waals surface area contributed by atoms with Gasteiger partial charge in [0.15, 0.2) is 11.3 Å². The Labute approximate surface area is 154 Å². The Hall–Kier alpha value is -2.40. The lowest BCUT2D eigenvalue weighted by Crippen LogP contribution is -2.25. The number of nitrogens with one attached hydrogen (secondary N) is 1. The van der Waals surface area contributed by atoms with Gasteiger partial charge in [0.1, 0.15) is 5.58 Å². The van der Waals surface area contributed by atoms with E-state index in [0.29, 0.717) is 11.5 Å². The highest BCUT2D eigenvalue weighted by molar-refractivity contribution is 6.14. The van der Waals surface area contributed by atoms with Gasteiger partial charge >= 0.3 is 0 Å². The first-order valence-corrected chi connectivity index (χ1v) is 9.25. The van der Waals surface area contributed by atoms with E-state index >= 15 is 0 Å². The number of nitrogens with zero attached hydrogens (tertiary/aromatic N) is 1. The number of anilines is 1. The summed E-state index contributed by atoms with van der Waals surface area (Å²) >= 11 is 0. The van der Waals surface area contributed by atoms with Crippen molar-refractivity contribution in [2.45, 2.75) is 20.3 Å². The van der Waals surface area contributed by atoms with Crippen LogP contribution in [0.25, 0.3) is 21.9 Å². The molecule has 5 heteroatoms. The first kappa shape index (κ1) is 18.4. The Morgan fingerprint density at radius 2 is 1.85 bits per heavy atom. The van der Waals surface area contributed by atoms with E-state index in [4.69, 9.17) is 13.9 Å². The number of benzene rings is 2. The zero-order valence-corrected chi connectivity index (χ0v) is 16.1. The number of hydrogen-bond acceptors (Lipinski definition) is 5. The summed E-state index contributed by atoms with van der Waals surface area (Å²) in [5.41, 5.74) is 2.58. The van der Waals surface area contributed by atoms with E-state index in [1.165, 1.54) is 0 Å². The van der Waals surface area contributed by atoms with Crippen molar-refractivity contribution in [3.8, 4) is 11.5 Å². The van der Waals surface area contributed by atoms with Gasteiger partial charge in [-0.05, 0) is 32.1 Å². The smallest absolute Gasteiger partial charge is 0.204 e. The van der Waals surface area contributed by atoms with E-state index in [0.717, 1.165) is 60.2 Å². The first-order valence-electron chi connectivity index (χ1n) is 9.25. The Morgan fingerprint density at radius 1 is 1.08 bits per heavy atom. The summed E-state index contributed by atoms with van der Waals surface area (Å²) in [5, 5.41) is 5.69. The Kier molecular flexibility index (Phi) is 5.89. The average Bonchev–Trinajstić information content (AvgIpc) is 3.07. The molecule has 2 aromatic carbocycles. The molecule has 0 aliphatic rings. The fourth-order valence-corrected chi connectivity index (χ4v) is 3.40. The maximum atomic E-state index is 6.08. The van der Waals surface area contributed by atoms with Crippen LogP contribution in [0.3, 0.4) is 0 Å². The molecule has 1 heterocycles. The minimum atomic E-state index is 0.632. The molecule has 1 aromatic heterocycles. The van der Waals surface area contributed by atoms with Crippen LogP contribution in [0.1, 0.15) is 20.3 Å². The monoisotopic (exact) mass is 356 g/mol. The average molecular weight is 356 g/mol. The molecule has 0 atom stereocenters. The molecule has 0 bridgehead atoms. The molecule has 0 amide bonds. The molecule has 0 fully saturated rings. The topological polar surface area (TPSA) is 46.9 Å². The van der Waals surface area contributed by atoms with Crippen molar-refractivity contribution >= 4 is 27.6 Å². The van der Waals surface area contributed by atoms with Gasteiger partial charge in [0.05, 0.1) is 19.6 Å². The normalized spacial score (nSPS) is 11.4. The number of methoxy groups -OCH3 is 2. The number of rotatable bonds is 9. The highest BCUT2D eigenvalue weighted by Gasteiger charge is 2.20. The Balaban J connectivity index is 1.95. The Morgan fingerprint density at radius 3 is 2.54 bits per heavy atom. The summed E-state index contributed by atoms with van der Waals surface area (Å²) in [6.07, 6.45) is 1.08. The summed E-state index contributed by atoms with van der Waals surface area (Å²) in [6.45, 7) is 8.55. The van der Waals surface area contributed by atoms with Crippen LogP contribution in [-0.4, -0.2) is 45.3 Å². The van der Waals surface area contributed by atoms with Crippen molar-refractivity contribution in [2.24, 2.45) is 0 Å². The van der Waals surface area contributed by atoms with Gasteiger partial charge in [-0.2, -0.15) is 0 Å². The molecule has 0 spiro atoms. The van der Waals surface area contributed by atoms with Crippen LogP contribution in [0.5, 0.6) is 11.5 Å². The van der Waals surface area contributed by atoms with Crippen molar-refractivity contribution in [1.82, 2.24) is 4.90 Å². The second kappa shape index (κ2) is 8.32. The summed E-state index contributed by atoms with van der Waals surface area (Å²) in [4.78, 5) is 2.43. The molecule has 140 valence electrons. The molecule has 0 radical (unpaired) electrons. The van der Waals surface area contributed by atoms with Crippen LogP contribution in [0.15, 0.2) is 34.7 Å². The van der Waals surface area contributed by atoms with Crippen LogP contribution in [-0.2, 0) is 0 Å². The molecular weight excluding hydrogens is 328 g/mol. The van der Waals surface area contributed by atoms with E-state index < -0.39 is 0 Å². The van der Waals surface area contributed by atoms with E-state index in [9.17, 15) is 0 Å². The standard InChI is InChI=1S/C21H28N2O3/c1-5-23(6-2)13-9-12-22-16-14-18(24-3)20(25-4)21-19(16)15-10-7-8-11-17(15)26-21/h7-8,10-11,14,22H,5-6,9,12-13H2,1-4H3. The van der Waals surface area contributed by atoms with Gasteiger partial charge in [-0.3, -0.25) is 0 Å². The van der Waals surface area contributed by atoms with Crippen LogP contribution < -0.4 is 14.8 Å². The molecule has 1 N–H and O–H groups in total. The molecule has 26 heavy (non-hydrogen) atoms. The number of hydrogen-bond donors (Lipinski definition) is 1. The largest absolute Gasteiger partial charge is 0.493 e. The molecular formula is C21H28N2O3. The predicted octanol–water partition coefficient (Wildman–Crippen LogP) is 4.75. The van der Waals surface area contributed by atoms with Gasteiger partial charge in [0.25, 0.3) is 0 Å². The second-order valence-corrected chi connectivity index (χ2v) is 6.27. The quantitative estimate of drug-likeness (QED) is 0.561. The molecule has 3 aromatic rings. The summed E-state index contributed by atoms with van der Waals surface area (Å²) in [7, 11) is 3.29. The third-order valence-corrected chi connectivity index (χ3v) is 4.86. The van der Waals surface area contributed by atoms with Crippen LogP contribution in [0.2, 0.25) is 0 Å². The highest BCUT2D eigenvalue weighted by Crippen LogP contribution is 2.45. The van der Waals surface area contributed by atoms with Crippen LogP contribution in [0.4, 0.5) is 5.69 Å². The fraction of sp³-hybridized carbons (Fsp3) is 0.429. The van der Waals surface area contributed by atoms with Crippen molar-refractivity contribution in [2.75, 3.05) is 45.7 Å². The molecule has 3 rings (SSSR count). The number of furan rings is 1. The van der Waals surface area contributed by atoms with E-state index in [-0.39, 0.29) is 0 Å². The zero-order chi connectivity index (χ0) is 18.5. The minimum absolute atomic E-state index is 0.632. The predicted molar refractivity (Wildman–Crippen MR) is 108 cm³/mol. The fourth-order valence-electron chi connectivity index (χ4n) is 3.40. The van der Waals surface area contributed by atoms with E-state index in [1.54, 1.807) is 14.2 Å². The number of fused-ring (bicyclic) bond motifs is 3. The number of ether oxygens (including phenoxy) is 2. The third-order valence-electron chi connectivity index (χ3n) is 4.86. The maximum Gasteiger partial charge on any atom is 0.204 e. The molecule has 0 saturated carbocycles. The van der Waals surface area contributed by atoms with Crippen molar-refractivity contribution < 1.29 is 13.9 Å². The van der Waals surface area contributed by atoms with Gasteiger partial charge in [-0.15, -0.1) is 0 Å². The van der Waals surface area contributed by atoms with Crippen molar-refractivity contribution in [3.05, 3.63) is 30.3 Å². The lowest BCUT2D eigenvalue weighted by Gasteiger charge is -2.18.